The Labute approximate surface area is 150 Å². The number of aryl methyl sites for hydroxylation is 1. The van der Waals surface area contributed by atoms with E-state index in [1.165, 1.54) is 19.2 Å². The zero-order valence-electron chi connectivity index (χ0n) is 13.8. The van der Waals surface area contributed by atoms with E-state index in [1.54, 1.807) is 0 Å². The van der Waals surface area contributed by atoms with Gasteiger partial charge in [0, 0.05) is 6.07 Å². The van der Waals surface area contributed by atoms with Crippen molar-refractivity contribution in [3.8, 4) is 11.5 Å². The second-order valence-corrected chi connectivity index (χ2v) is 5.70. The number of benzene rings is 2. The number of hydrogen-bond acceptors (Lipinski definition) is 4. The molecule has 2 rings (SSSR count). The molecule has 0 unspecified atom stereocenters. The monoisotopic (exact) mass is 363 g/mol. The van der Waals surface area contributed by atoms with E-state index in [0.29, 0.717) is 5.75 Å². The van der Waals surface area contributed by atoms with Crippen molar-refractivity contribution in [2.75, 3.05) is 19.0 Å². The van der Waals surface area contributed by atoms with Crippen LogP contribution in [-0.2, 0) is 4.79 Å². The fourth-order valence-corrected chi connectivity index (χ4v) is 2.30. The summed E-state index contributed by atoms with van der Waals surface area (Å²) in [6, 6.07) is 10.1. The van der Waals surface area contributed by atoms with Crippen molar-refractivity contribution >= 4 is 29.2 Å². The lowest BCUT2D eigenvalue weighted by Gasteiger charge is -2.12. The van der Waals surface area contributed by atoms with Gasteiger partial charge in [-0.15, -0.1) is 0 Å². The van der Waals surface area contributed by atoms with Crippen molar-refractivity contribution < 1.29 is 24.2 Å². The predicted molar refractivity (Wildman–Crippen MR) is 94.9 cm³/mol. The zero-order valence-corrected chi connectivity index (χ0v) is 14.6. The average Bonchev–Trinajstić information content (AvgIpc) is 2.58. The first-order chi connectivity index (χ1) is 11.9. The Morgan fingerprint density at radius 2 is 1.88 bits per heavy atom. The van der Waals surface area contributed by atoms with Crippen LogP contribution in [-0.4, -0.2) is 30.7 Å². The van der Waals surface area contributed by atoms with Crippen LogP contribution in [0.5, 0.6) is 11.5 Å². The van der Waals surface area contributed by atoms with Crippen LogP contribution in [0.2, 0.25) is 5.02 Å². The molecule has 1 amide bonds. The number of carboxylic acids is 1. The third kappa shape index (κ3) is 5.12. The molecule has 2 aromatic rings. The molecular weight excluding hydrogens is 346 g/mol. The number of carbonyl (C=O) groups is 2. The van der Waals surface area contributed by atoms with E-state index in [9.17, 15) is 9.59 Å². The summed E-state index contributed by atoms with van der Waals surface area (Å²) in [7, 11) is 1.34. The van der Waals surface area contributed by atoms with Crippen molar-refractivity contribution in [1.82, 2.24) is 0 Å². The number of anilines is 1. The number of carboxylic acid groups (broad SMARTS) is 1. The highest BCUT2D eigenvalue weighted by atomic mass is 35.5. The van der Waals surface area contributed by atoms with E-state index in [2.05, 4.69) is 5.32 Å². The normalized spacial score (nSPS) is 10.2. The van der Waals surface area contributed by atoms with Crippen LogP contribution in [0.25, 0.3) is 0 Å². The number of carbonyl (C=O) groups excluding carboxylic acids is 1. The number of hydrogen-bond donors (Lipinski definition) is 2. The molecule has 0 aromatic heterocycles. The SMILES string of the molecule is COc1cc(NC(=O)CCOc2ccc(C)cc2)c(Cl)cc1C(=O)O. The predicted octanol–water partition coefficient (Wildman–Crippen LogP) is 3.76. The van der Waals surface area contributed by atoms with Crippen molar-refractivity contribution in [3.63, 3.8) is 0 Å². The molecule has 0 bridgehead atoms. The van der Waals surface area contributed by atoms with Crippen molar-refractivity contribution in [1.29, 1.82) is 0 Å². The number of amides is 1. The van der Waals surface area contributed by atoms with Crippen molar-refractivity contribution in [3.05, 3.63) is 52.5 Å². The lowest BCUT2D eigenvalue weighted by atomic mass is 10.1. The highest BCUT2D eigenvalue weighted by Crippen LogP contribution is 2.31. The van der Waals surface area contributed by atoms with Gasteiger partial charge in [-0.2, -0.15) is 0 Å². The minimum atomic E-state index is -1.16. The molecule has 0 saturated heterocycles. The van der Waals surface area contributed by atoms with Gasteiger partial charge in [0.25, 0.3) is 0 Å². The van der Waals surface area contributed by atoms with Crippen LogP contribution in [0, 0.1) is 6.92 Å². The molecule has 0 atom stereocenters. The van der Waals surface area contributed by atoms with Gasteiger partial charge >= 0.3 is 5.97 Å². The number of nitrogens with one attached hydrogen (secondary N) is 1. The van der Waals surface area contributed by atoms with Crippen LogP contribution < -0.4 is 14.8 Å². The molecule has 132 valence electrons. The standard InChI is InChI=1S/C18H18ClNO5/c1-11-3-5-12(6-4-11)25-8-7-17(21)20-15-10-16(24-2)13(18(22)23)9-14(15)19/h3-6,9-10H,7-8H2,1-2H3,(H,20,21)(H,22,23). The van der Waals surface area contributed by atoms with Gasteiger partial charge in [0.1, 0.15) is 17.1 Å². The van der Waals surface area contributed by atoms with Gasteiger partial charge < -0.3 is 19.9 Å². The highest BCUT2D eigenvalue weighted by Gasteiger charge is 2.16. The molecule has 0 heterocycles. The minimum absolute atomic E-state index is 0.0757. The fraction of sp³-hybridized carbons (Fsp3) is 0.222. The molecule has 25 heavy (non-hydrogen) atoms. The molecule has 0 aliphatic rings. The zero-order chi connectivity index (χ0) is 18.4. The molecule has 7 heteroatoms. The van der Waals surface area contributed by atoms with Gasteiger partial charge in [0.2, 0.25) is 5.91 Å². The van der Waals surface area contributed by atoms with Crippen LogP contribution >= 0.6 is 11.6 Å². The van der Waals surface area contributed by atoms with Crippen LogP contribution in [0.4, 0.5) is 5.69 Å². The second kappa shape index (κ2) is 8.39. The Morgan fingerprint density at radius 1 is 1.20 bits per heavy atom. The van der Waals surface area contributed by atoms with E-state index in [-0.39, 0.29) is 41.0 Å². The summed E-state index contributed by atoms with van der Waals surface area (Å²) in [4.78, 5) is 23.1. The molecular formula is C18H18ClNO5. The lowest BCUT2D eigenvalue weighted by molar-refractivity contribution is -0.116. The molecule has 0 spiro atoms. The number of methoxy groups -OCH3 is 1. The Morgan fingerprint density at radius 3 is 2.48 bits per heavy atom. The summed E-state index contributed by atoms with van der Waals surface area (Å²) in [6.45, 7) is 2.18. The topological polar surface area (TPSA) is 84.9 Å². The minimum Gasteiger partial charge on any atom is -0.496 e. The van der Waals surface area contributed by atoms with E-state index < -0.39 is 5.97 Å². The van der Waals surface area contributed by atoms with Crippen molar-refractivity contribution in [2.45, 2.75) is 13.3 Å². The largest absolute Gasteiger partial charge is 0.496 e. The van der Waals surface area contributed by atoms with Crippen LogP contribution in [0.15, 0.2) is 36.4 Å². The van der Waals surface area contributed by atoms with E-state index in [1.807, 2.05) is 31.2 Å². The Hall–Kier alpha value is -2.73. The molecule has 6 nitrogen and oxygen atoms in total. The Kier molecular flexibility index (Phi) is 6.25. The van der Waals surface area contributed by atoms with Gasteiger partial charge in [-0.1, -0.05) is 29.3 Å². The van der Waals surface area contributed by atoms with Gasteiger partial charge in [0.15, 0.2) is 0 Å². The van der Waals surface area contributed by atoms with Gasteiger partial charge in [0.05, 0.1) is 30.8 Å². The molecule has 0 aliphatic heterocycles. The molecule has 0 saturated carbocycles. The number of aromatic carboxylic acids is 1. The smallest absolute Gasteiger partial charge is 0.339 e. The first kappa shape index (κ1) is 18.6. The van der Waals surface area contributed by atoms with E-state index in [4.69, 9.17) is 26.2 Å². The molecule has 2 aromatic carbocycles. The Balaban J connectivity index is 1.95. The second-order valence-electron chi connectivity index (χ2n) is 5.30. The molecule has 0 radical (unpaired) electrons. The highest BCUT2D eigenvalue weighted by molar-refractivity contribution is 6.34. The first-order valence-corrected chi connectivity index (χ1v) is 7.88. The number of rotatable bonds is 7. The molecule has 0 aliphatic carbocycles. The third-order valence-electron chi connectivity index (χ3n) is 3.41. The molecule has 0 fully saturated rings. The summed E-state index contributed by atoms with van der Waals surface area (Å²) >= 11 is 6.03. The summed E-state index contributed by atoms with van der Waals surface area (Å²) in [5, 5.41) is 11.8. The van der Waals surface area contributed by atoms with Crippen molar-refractivity contribution in [2.24, 2.45) is 0 Å². The maximum absolute atomic E-state index is 12.0. The average molecular weight is 364 g/mol. The van der Waals surface area contributed by atoms with E-state index >= 15 is 0 Å². The van der Waals surface area contributed by atoms with Crippen LogP contribution in [0.1, 0.15) is 22.3 Å². The summed E-state index contributed by atoms with van der Waals surface area (Å²) in [5.74, 6) is -0.672. The fourth-order valence-electron chi connectivity index (χ4n) is 2.09. The Bertz CT molecular complexity index is 774. The molecule has 2 N–H and O–H groups in total. The van der Waals surface area contributed by atoms with Crippen LogP contribution in [0.3, 0.4) is 0 Å². The third-order valence-corrected chi connectivity index (χ3v) is 3.73. The van der Waals surface area contributed by atoms with E-state index in [0.717, 1.165) is 5.56 Å². The maximum Gasteiger partial charge on any atom is 0.339 e. The first-order valence-electron chi connectivity index (χ1n) is 7.51. The van der Waals surface area contributed by atoms with Gasteiger partial charge in [-0.05, 0) is 25.1 Å². The summed E-state index contributed by atoms with van der Waals surface area (Å²) in [6.07, 6.45) is 0.118. The lowest BCUT2D eigenvalue weighted by Crippen LogP contribution is -2.16. The maximum atomic E-state index is 12.0. The van der Waals surface area contributed by atoms with Gasteiger partial charge in [-0.25, -0.2) is 4.79 Å². The summed E-state index contributed by atoms with van der Waals surface area (Å²) < 4.78 is 10.5. The van der Waals surface area contributed by atoms with Gasteiger partial charge in [-0.3, -0.25) is 4.79 Å². The summed E-state index contributed by atoms with van der Waals surface area (Å²) in [5.41, 5.74) is 1.33. The number of halogens is 1. The number of ether oxygens (including phenoxy) is 2. The quantitative estimate of drug-likeness (QED) is 0.782.